The maximum atomic E-state index is 11.1. The van der Waals surface area contributed by atoms with Crippen LogP contribution < -0.4 is 10.0 Å². The van der Waals surface area contributed by atoms with E-state index >= 15 is 0 Å². The predicted octanol–water partition coefficient (Wildman–Crippen LogP) is 0.586. The molecule has 6 nitrogen and oxygen atoms in total. The number of hydrogen-bond donors (Lipinski definition) is 2. The third-order valence-electron chi connectivity index (χ3n) is 1.67. The molecule has 8 heteroatoms. The number of aryl methyl sites for hydroxylation is 1. The van der Waals surface area contributed by atoms with Crippen LogP contribution >= 0.6 is 11.5 Å². The Morgan fingerprint density at radius 3 is 2.50 bits per heavy atom. The summed E-state index contributed by atoms with van der Waals surface area (Å²) in [5, 5.41) is 3.74. The van der Waals surface area contributed by atoms with Gasteiger partial charge in [0.25, 0.3) is 0 Å². The van der Waals surface area contributed by atoms with Crippen molar-refractivity contribution in [3.63, 3.8) is 0 Å². The van der Waals surface area contributed by atoms with Crippen molar-refractivity contribution in [1.29, 1.82) is 0 Å². The van der Waals surface area contributed by atoms with Gasteiger partial charge in [-0.1, -0.05) is 0 Å². The Bertz CT molecular complexity index is 452. The second-order valence-electron chi connectivity index (χ2n) is 4.26. The van der Waals surface area contributed by atoms with E-state index < -0.39 is 15.6 Å². The highest BCUT2D eigenvalue weighted by Gasteiger charge is 2.22. The summed E-state index contributed by atoms with van der Waals surface area (Å²) >= 11 is 1.26. The average Bonchev–Trinajstić information content (AvgIpc) is 2.44. The molecular formula is C8H16N4O2S2. The average molecular weight is 264 g/mol. The fraction of sp³-hybridized carbons (Fsp3) is 0.750. The Morgan fingerprint density at radius 1 is 1.44 bits per heavy atom. The van der Waals surface area contributed by atoms with Crippen LogP contribution in [0.1, 0.15) is 19.7 Å². The van der Waals surface area contributed by atoms with Gasteiger partial charge in [0.05, 0.1) is 6.26 Å². The summed E-state index contributed by atoms with van der Waals surface area (Å²) < 4.78 is 28.8. The fourth-order valence-corrected chi connectivity index (χ4v) is 2.85. The highest BCUT2D eigenvalue weighted by Crippen LogP contribution is 2.12. The number of hydrogen-bond acceptors (Lipinski definition) is 6. The van der Waals surface area contributed by atoms with Gasteiger partial charge in [-0.05, 0) is 20.8 Å². The molecular weight excluding hydrogens is 248 g/mol. The standard InChI is InChI=1S/C8H16N4O2S2/c1-6-10-7(15-11-6)9-5-8(2,3)12-16(4,13)14/h12H,5H2,1-4H3,(H,9,10,11). The summed E-state index contributed by atoms with van der Waals surface area (Å²) in [4.78, 5) is 4.13. The zero-order valence-electron chi connectivity index (χ0n) is 9.73. The van der Waals surface area contributed by atoms with Crippen molar-refractivity contribution in [3.05, 3.63) is 5.82 Å². The van der Waals surface area contributed by atoms with Crippen molar-refractivity contribution in [1.82, 2.24) is 14.1 Å². The van der Waals surface area contributed by atoms with Crippen LogP contribution in [0.4, 0.5) is 5.13 Å². The first kappa shape index (κ1) is 13.3. The van der Waals surface area contributed by atoms with Crippen molar-refractivity contribution < 1.29 is 8.42 Å². The maximum Gasteiger partial charge on any atom is 0.209 e. The van der Waals surface area contributed by atoms with Crippen molar-refractivity contribution in [2.24, 2.45) is 0 Å². The highest BCUT2D eigenvalue weighted by molar-refractivity contribution is 7.88. The van der Waals surface area contributed by atoms with Gasteiger partial charge in [-0.3, -0.25) is 0 Å². The van der Waals surface area contributed by atoms with Crippen LogP contribution in [0.15, 0.2) is 0 Å². The van der Waals surface area contributed by atoms with Gasteiger partial charge in [0.2, 0.25) is 15.2 Å². The molecule has 0 aliphatic rings. The molecule has 0 atom stereocenters. The van der Waals surface area contributed by atoms with E-state index in [9.17, 15) is 8.42 Å². The Hall–Kier alpha value is -0.730. The van der Waals surface area contributed by atoms with Crippen molar-refractivity contribution >= 4 is 26.7 Å². The Balaban J connectivity index is 2.54. The summed E-state index contributed by atoms with van der Waals surface area (Å²) in [6.45, 7) is 5.86. The maximum absolute atomic E-state index is 11.1. The quantitative estimate of drug-likeness (QED) is 0.813. The van der Waals surface area contributed by atoms with Crippen LogP contribution in [-0.4, -0.2) is 36.1 Å². The second kappa shape index (κ2) is 4.64. The number of rotatable bonds is 5. The minimum absolute atomic E-state index is 0.453. The molecule has 0 aliphatic heterocycles. The fourth-order valence-electron chi connectivity index (χ4n) is 1.20. The third kappa shape index (κ3) is 4.86. The predicted molar refractivity (Wildman–Crippen MR) is 65.2 cm³/mol. The molecule has 1 rings (SSSR count). The first-order chi connectivity index (χ1) is 7.18. The first-order valence-electron chi connectivity index (χ1n) is 4.71. The van der Waals surface area contributed by atoms with E-state index in [1.807, 2.05) is 6.92 Å². The second-order valence-corrected chi connectivity index (χ2v) is 6.76. The van der Waals surface area contributed by atoms with E-state index in [1.54, 1.807) is 13.8 Å². The van der Waals surface area contributed by atoms with Crippen LogP contribution in [0.3, 0.4) is 0 Å². The monoisotopic (exact) mass is 264 g/mol. The van der Waals surface area contributed by atoms with Crippen LogP contribution in [0.5, 0.6) is 0 Å². The van der Waals surface area contributed by atoms with Gasteiger partial charge in [-0.2, -0.15) is 4.37 Å². The van der Waals surface area contributed by atoms with Crippen molar-refractivity contribution in [2.75, 3.05) is 18.1 Å². The summed E-state index contributed by atoms with van der Waals surface area (Å²) in [6, 6.07) is 0. The lowest BCUT2D eigenvalue weighted by Crippen LogP contribution is -2.47. The number of aromatic nitrogens is 2. The number of anilines is 1. The lowest BCUT2D eigenvalue weighted by Gasteiger charge is -2.24. The molecule has 0 bridgehead atoms. The molecule has 1 aromatic rings. The SMILES string of the molecule is Cc1nsc(NCC(C)(C)NS(C)(=O)=O)n1. The Labute approximate surface area is 99.7 Å². The lowest BCUT2D eigenvalue weighted by molar-refractivity contribution is 0.476. The smallest absolute Gasteiger partial charge is 0.209 e. The molecule has 1 heterocycles. The minimum Gasteiger partial charge on any atom is -0.358 e. The normalized spacial score (nSPS) is 12.8. The lowest BCUT2D eigenvalue weighted by atomic mass is 10.1. The molecule has 16 heavy (non-hydrogen) atoms. The Kier molecular flexibility index (Phi) is 3.87. The van der Waals surface area contributed by atoms with Gasteiger partial charge < -0.3 is 5.32 Å². The molecule has 0 aliphatic carbocycles. The van der Waals surface area contributed by atoms with E-state index in [2.05, 4.69) is 19.4 Å². The molecule has 0 unspecified atom stereocenters. The highest BCUT2D eigenvalue weighted by atomic mass is 32.2. The zero-order valence-corrected chi connectivity index (χ0v) is 11.4. The van der Waals surface area contributed by atoms with E-state index in [1.165, 1.54) is 11.5 Å². The molecule has 92 valence electrons. The summed E-state index contributed by atoms with van der Waals surface area (Å²) in [6.07, 6.45) is 1.14. The number of nitrogens with zero attached hydrogens (tertiary/aromatic N) is 2. The molecule has 0 spiro atoms. The van der Waals surface area contributed by atoms with Gasteiger partial charge in [0.1, 0.15) is 5.82 Å². The first-order valence-corrected chi connectivity index (χ1v) is 7.38. The van der Waals surface area contributed by atoms with Crippen LogP contribution in [0.25, 0.3) is 0 Å². The van der Waals surface area contributed by atoms with E-state index in [0.29, 0.717) is 17.5 Å². The van der Waals surface area contributed by atoms with Gasteiger partial charge in [-0.15, -0.1) is 0 Å². The summed E-state index contributed by atoms with van der Waals surface area (Å²) in [7, 11) is -3.20. The van der Waals surface area contributed by atoms with Gasteiger partial charge in [0.15, 0.2) is 0 Å². The largest absolute Gasteiger partial charge is 0.358 e. The van der Waals surface area contributed by atoms with Crippen molar-refractivity contribution in [2.45, 2.75) is 26.3 Å². The van der Waals surface area contributed by atoms with E-state index in [0.717, 1.165) is 6.26 Å². The molecule has 0 radical (unpaired) electrons. The molecule has 1 aromatic heterocycles. The zero-order chi connectivity index (χ0) is 12.4. The number of nitrogens with one attached hydrogen (secondary N) is 2. The van der Waals surface area contributed by atoms with Crippen molar-refractivity contribution in [3.8, 4) is 0 Å². The Morgan fingerprint density at radius 2 is 2.06 bits per heavy atom. The molecule has 0 saturated carbocycles. The van der Waals surface area contributed by atoms with Crippen LogP contribution in [-0.2, 0) is 10.0 Å². The van der Waals surface area contributed by atoms with Gasteiger partial charge >= 0.3 is 0 Å². The van der Waals surface area contributed by atoms with E-state index in [-0.39, 0.29) is 0 Å². The molecule has 2 N–H and O–H groups in total. The summed E-state index contributed by atoms with van der Waals surface area (Å²) in [5.74, 6) is 0.710. The number of sulfonamides is 1. The van der Waals surface area contributed by atoms with Crippen LogP contribution in [0.2, 0.25) is 0 Å². The molecule has 0 fully saturated rings. The van der Waals surface area contributed by atoms with Crippen LogP contribution in [0, 0.1) is 6.92 Å². The molecule has 0 saturated heterocycles. The summed E-state index contributed by atoms with van der Waals surface area (Å²) in [5.41, 5.74) is -0.562. The molecule has 0 amide bonds. The van der Waals surface area contributed by atoms with Gasteiger partial charge in [0, 0.05) is 23.6 Å². The minimum atomic E-state index is -3.20. The van der Waals surface area contributed by atoms with Gasteiger partial charge in [-0.25, -0.2) is 18.1 Å². The molecule has 0 aromatic carbocycles. The topological polar surface area (TPSA) is 84.0 Å². The van der Waals surface area contributed by atoms with E-state index in [4.69, 9.17) is 0 Å². The third-order valence-corrected chi connectivity index (χ3v) is 3.36.